The first-order valence-electron chi connectivity index (χ1n) is 6.29. The molecule has 2 rings (SSSR count). The van der Waals surface area contributed by atoms with Gasteiger partial charge in [0.1, 0.15) is 0 Å². The second-order valence-corrected chi connectivity index (χ2v) is 9.05. The van der Waals surface area contributed by atoms with Crippen LogP contribution in [0.2, 0.25) is 0 Å². The van der Waals surface area contributed by atoms with Gasteiger partial charge < -0.3 is 5.73 Å². The van der Waals surface area contributed by atoms with Crippen molar-refractivity contribution in [3.05, 3.63) is 35.4 Å². The Bertz CT molecular complexity index is 669. The summed E-state index contributed by atoms with van der Waals surface area (Å²) in [6, 6.07) is 7.11. The molecule has 6 nitrogen and oxygen atoms in total. The Morgan fingerprint density at radius 2 is 1.65 bits per heavy atom. The molecule has 20 heavy (non-hydrogen) atoms. The normalized spacial score (nSPS) is 19.9. The average Bonchev–Trinajstić information content (AvgIpc) is 2.38. The van der Waals surface area contributed by atoms with E-state index in [9.17, 15) is 16.8 Å². The summed E-state index contributed by atoms with van der Waals surface area (Å²) >= 11 is 0. The van der Waals surface area contributed by atoms with Gasteiger partial charge in [0, 0.05) is 19.6 Å². The largest absolute Gasteiger partial charge is 0.326 e. The number of nitrogens with two attached hydrogens (primary N) is 1. The topological polar surface area (TPSA) is 97.5 Å². The summed E-state index contributed by atoms with van der Waals surface area (Å²) in [5, 5.41) is 0. The Morgan fingerprint density at radius 3 is 2.20 bits per heavy atom. The number of sulfonamides is 1. The third kappa shape index (κ3) is 3.57. The van der Waals surface area contributed by atoms with Gasteiger partial charge in [-0.05, 0) is 11.1 Å². The van der Waals surface area contributed by atoms with Gasteiger partial charge in [-0.3, -0.25) is 0 Å². The van der Waals surface area contributed by atoms with Crippen LogP contribution in [-0.2, 0) is 32.2 Å². The summed E-state index contributed by atoms with van der Waals surface area (Å²) in [4.78, 5) is 0. The van der Waals surface area contributed by atoms with Crippen molar-refractivity contribution in [2.24, 2.45) is 5.73 Å². The monoisotopic (exact) mass is 318 g/mol. The predicted octanol–water partition coefficient (Wildman–Crippen LogP) is -0.294. The van der Waals surface area contributed by atoms with Crippen LogP contribution in [0.5, 0.6) is 0 Å². The maximum absolute atomic E-state index is 12.3. The van der Waals surface area contributed by atoms with Crippen molar-refractivity contribution >= 4 is 19.9 Å². The second kappa shape index (κ2) is 5.80. The molecule has 0 saturated carbocycles. The summed E-state index contributed by atoms with van der Waals surface area (Å²) in [6.45, 7) is 0.352. The molecule has 1 heterocycles. The zero-order valence-electron chi connectivity index (χ0n) is 11.0. The number of rotatable bonds is 4. The molecule has 0 atom stereocenters. The van der Waals surface area contributed by atoms with E-state index >= 15 is 0 Å². The molecule has 0 amide bonds. The van der Waals surface area contributed by atoms with Gasteiger partial charge in [0.15, 0.2) is 9.84 Å². The lowest BCUT2D eigenvalue weighted by molar-refractivity contribution is 0.430. The van der Waals surface area contributed by atoms with Crippen LogP contribution < -0.4 is 5.73 Å². The van der Waals surface area contributed by atoms with E-state index in [2.05, 4.69) is 0 Å². The third-order valence-corrected chi connectivity index (χ3v) is 6.81. The van der Waals surface area contributed by atoms with Gasteiger partial charge in [0.25, 0.3) is 0 Å². The molecule has 0 bridgehead atoms. The molecule has 1 aromatic carbocycles. The van der Waals surface area contributed by atoms with E-state index in [1.165, 1.54) is 4.31 Å². The first kappa shape index (κ1) is 15.4. The first-order chi connectivity index (χ1) is 9.34. The van der Waals surface area contributed by atoms with E-state index in [4.69, 9.17) is 5.73 Å². The molecular weight excluding hydrogens is 300 g/mol. The minimum absolute atomic E-state index is 0.0372. The van der Waals surface area contributed by atoms with Gasteiger partial charge >= 0.3 is 0 Å². The lowest BCUT2D eigenvalue weighted by Crippen LogP contribution is -2.44. The van der Waals surface area contributed by atoms with Crippen molar-refractivity contribution in [1.29, 1.82) is 0 Å². The molecule has 0 aromatic heterocycles. The van der Waals surface area contributed by atoms with Crippen LogP contribution >= 0.6 is 0 Å². The van der Waals surface area contributed by atoms with E-state index in [0.717, 1.165) is 5.56 Å². The summed E-state index contributed by atoms with van der Waals surface area (Å²) in [5.41, 5.74) is 7.06. The first-order valence-corrected chi connectivity index (χ1v) is 9.72. The van der Waals surface area contributed by atoms with Gasteiger partial charge in [-0.1, -0.05) is 24.3 Å². The number of hydrogen-bond donors (Lipinski definition) is 1. The smallest absolute Gasteiger partial charge is 0.218 e. The highest BCUT2D eigenvalue weighted by Crippen LogP contribution is 2.17. The molecule has 0 unspecified atom stereocenters. The lowest BCUT2D eigenvalue weighted by Gasteiger charge is -2.26. The minimum atomic E-state index is -3.51. The number of sulfone groups is 1. The molecule has 1 aromatic rings. The van der Waals surface area contributed by atoms with E-state index < -0.39 is 19.9 Å². The Balaban J connectivity index is 2.16. The fraction of sp³-hybridized carbons (Fsp3) is 0.500. The SMILES string of the molecule is NCc1ccccc1CS(=O)(=O)N1CCS(=O)(=O)CC1. The Hall–Kier alpha value is -0.960. The van der Waals surface area contributed by atoms with Crippen molar-refractivity contribution < 1.29 is 16.8 Å². The Morgan fingerprint density at radius 1 is 1.10 bits per heavy atom. The summed E-state index contributed by atoms with van der Waals surface area (Å²) in [6.07, 6.45) is 0. The quantitative estimate of drug-likeness (QED) is 0.822. The molecule has 0 spiro atoms. The van der Waals surface area contributed by atoms with Gasteiger partial charge in [0.05, 0.1) is 17.3 Å². The zero-order valence-corrected chi connectivity index (χ0v) is 12.7. The van der Waals surface area contributed by atoms with Crippen molar-refractivity contribution in [2.75, 3.05) is 24.6 Å². The van der Waals surface area contributed by atoms with E-state index in [-0.39, 0.29) is 36.9 Å². The molecule has 1 saturated heterocycles. The highest BCUT2D eigenvalue weighted by atomic mass is 32.2. The van der Waals surface area contributed by atoms with Crippen LogP contribution in [0.1, 0.15) is 11.1 Å². The third-order valence-electron chi connectivity index (χ3n) is 3.37. The predicted molar refractivity (Wildman–Crippen MR) is 77.2 cm³/mol. The molecule has 112 valence electrons. The van der Waals surface area contributed by atoms with Crippen molar-refractivity contribution in [1.82, 2.24) is 4.31 Å². The fourth-order valence-corrected chi connectivity index (χ4v) is 5.19. The van der Waals surface area contributed by atoms with Crippen LogP contribution in [0.15, 0.2) is 24.3 Å². The number of nitrogens with zero attached hydrogens (tertiary/aromatic N) is 1. The van der Waals surface area contributed by atoms with Crippen molar-refractivity contribution in [3.8, 4) is 0 Å². The highest BCUT2D eigenvalue weighted by molar-refractivity contribution is 7.92. The molecule has 8 heteroatoms. The van der Waals surface area contributed by atoms with Crippen molar-refractivity contribution in [3.63, 3.8) is 0 Å². The van der Waals surface area contributed by atoms with E-state index in [0.29, 0.717) is 5.56 Å². The number of benzene rings is 1. The average molecular weight is 318 g/mol. The summed E-state index contributed by atoms with van der Waals surface area (Å²) in [7, 11) is -6.59. The van der Waals surface area contributed by atoms with Crippen LogP contribution in [0.4, 0.5) is 0 Å². The fourth-order valence-electron chi connectivity index (χ4n) is 2.16. The zero-order chi connectivity index (χ0) is 14.8. The maximum Gasteiger partial charge on any atom is 0.218 e. The van der Waals surface area contributed by atoms with Gasteiger partial charge in [0.2, 0.25) is 10.0 Å². The van der Waals surface area contributed by atoms with Crippen molar-refractivity contribution in [2.45, 2.75) is 12.3 Å². The Labute approximate surface area is 119 Å². The van der Waals surface area contributed by atoms with E-state index in [1.54, 1.807) is 18.2 Å². The standard InChI is InChI=1S/C12H18N2O4S2/c13-9-11-3-1-2-4-12(11)10-20(17,18)14-5-7-19(15,16)8-6-14/h1-4H,5-10,13H2. The molecule has 1 aliphatic heterocycles. The summed E-state index contributed by atoms with van der Waals surface area (Å²) in [5.74, 6) is -0.351. The molecule has 2 N–H and O–H groups in total. The molecule has 1 fully saturated rings. The molecular formula is C12H18N2O4S2. The summed E-state index contributed by atoms with van der Waals surface area (Å²) < 4.78 is 48.6. The van der Waals surface area contributed by atoms with E-state index in [1.807, 2.05) is 6.07 Å². The lowest BCUT2D eigenvalue weighted by atomic mass is 10.1. The maximum atomic E-state index is 12.3. The second-order valence-electron chi connectivity index (χ2n) is 4.78. The van der Waals surface area contributed by atoms with Crippen LogP contribution in [-0.4, -0.2) is 45.7 Å². The molecule has 1 aliphatic rings. The van der Waals surface area contributed by atoms with Crippen LogP contribution in [0.3, 0.4) is 0 Å². The highest BCUT2D eigenvalue weighted by Gasteiger charge is 2.30. The number of hydrogen-bond acceptors (Lipinski definition) is 5. The van der Waals surface area contributed by atoms with Gasteiger partial charge in [-0.2, -0.15) is 4.31 Å². The van der Waals surface area contributed by atoms with Gasteiger partial charge in [-0.15, -0.1) is 0 Å². The minimum Gasteiger partial charge on any atom is -0.326 e. The Kier molecular flexibility index (Phi) is 4.48. The van der Waals surface area contributed by atoms with Crippen LogP contribution in [0.25, 0.3) is 0 Å². The molecule has 0 aliphatic carbocycles. The van der Waals surface area contributed by atoms with Crippen LogP contribution in [0, 0.1) is 0 Å². The molecule has 0 radical (unpaired) electrons. The van der Waals surface area contributed by atoms with Gasteiger partial charge in [-0.25, -0.2) is 16.8 Å².